The fraction of sp³-hybridized carbons (Fsp3) is 0.300. The Balaban J connectivity index is 1.70. The third kappa shape index (κ3) is 9.24. The zero-order chi connectivity index (χ0) is 29.2. The van der Waals surface area contributed by atoms with Crippen LogP contribution in [0.3, 0.4) is 0 Å². The van der Waals surface area contributed by atoms with E-state index in [0.29, 0.717) is 88.2 Å². The van der Waals surface area contributed by atoms with Crippen molar-refractivity contribution < 1.29 is 15.3 Å². The number of hydrogen-bond acceptors (Lipinski definition) is 7. The van der Waals surface area contributed by atoms with E-state index >= 15 is 0 Å². The standard InChI is InChI=1S/C30H33Cl3N4O3/c1-19(25-16-22(31)4-7-28(25)38)34-10-13-37(14-11-35-20(2)26-17-23(32)5-8-29(26)39)15-12-36-21(3)27-18-24(33)6-9-30(27)40/h4-9,16-18,38-40H,10-15H2,1-3H3. The van der Waals surface area contributed by atoms with Gasteiger partial charge in [0.2, 0.25) is 0 Å². The van der Waals surface area contributed by atoms with Gasteiger partial charge in [0, 0.05) is 68.5 Å². The lowest BCUT2D eigenvalue weighted by Gasteiger charge is -2.20. The van der Waals surface area contributed by atoms with Crippen molar-refractivity contribution >= 4 is 51.9 Å². The van der Waals surface area contributed by atoms with Crippen LogP contribution in [0.25, 0.3) is 0 Å². The van der Waals surface area contributed by atoms with Crippen molar-refractivity contribution in [1.29, 1.82) is 0 Å². The van der Waals surface area contributed by atoms with Gasteiger partial charge in [0.25, 0.3) is 0 Å². The minimum Gasteiger partial charge on any atom is -0.507 e. The van der Waals surface area contributed by atoms with Crippen LogP contribution >= 0.6 is 34.8 Å². The first-order valence-corrected chi connectivity index (χ1v) is 13.9. The van der Waals surface area contributed by atoms with E-state index in [1.165, 1.54) is 0 Å². The van der Waals surface area contributed by atoms with E-state index in [2.05, 4.69) is 19.9 Å². The number of benzene rings is 3. The Bertz CT molecular complexity index is 1250. The van der Waals surface area contributed by atoms with Gasteiger partial charge in [-0.25, -0.2) is 0 Å². The Morgan fingerprint density at radius 1 is 0.550 bits per heavy atom. The third-order valence-electron chi connectivity index (χ3n) is 6.34. The molecule has 3 rings (SSSR count). The maximum atomic E-state index is 10.2. The quantitative estimate of drug-likeness (QED) is 0.196. The molecule has 0 fully saturated rings. The molecule has 0 heterocycles. The summed E-state index contributed by atoms with van der Waals surface area (Å²) >= 11 is 18.3. The minimum absolute atomic E-state index is 0.130. The topological polar surface area (TPSA) is 101 Å². The first kappa shape index (κ1) is 31.4. The molecule has 0 aromatic heterocycles. The number of nitrogens with zero attached hydrogens (tertiary/aromatic N) is 4. The normalized spacial score (nSPS) is 12.8. The molecule has 10 heteroatoms. The van der Waals surface area contributed by atoms with Gasteiger partial charge in [0.05, 0.1) is 19.6 Å². The zero-order valence-electron chi connectivity index (χ0n) is 22.7. The maximum absolute atomic E-state index is 10.2. The Morgan fingerprint density at radius 3 is 1.10 bits per heavy atom. The third-order valence-corrected chi connectivity index (χ3v) is 7.05. The van der Waals surface area contributed by atoms with Gasteiger partial charge in [-0.3, -0.25) is 19.9 Å². The van der Waals surface area contributed by atoms with Crippen LogP contribution in [-0.2, 0) is 0 Å². The summed E-state index contributed by atoms with van der Waals surface area (Å²) in [6, 6.07) is 14.6. The number of aliphatic imine (C=N–C) groups is 3. The molecule has 0 radical (unpaired) electrons. The van der Waals surface area contributed by atoms with E-state index < -0.39 is 0 Å². The van der Waals surface area contributed by atoms with Crippen molar-refractivity contribution in [3.63, 3.8) is 0 Å². The summed E-state index contributed by atoms with van der Waals surface area (Å²) in [7, 11) is 0. The highest BCUT2D eigenvalue weighted by molar-refractivity contribution is 6.31. The van der Waals surface area contributed by atoms with Crippen LogP contribution in [0.2, 0.25) is 15.1 Å². The lowest BCUT2D eigenvalue weighted by atomic mass is 10.1. The molecule has 0 atom stereocenters. The second-order valence-electron chi connectivity index (χ2n) is 9.23. The summed E-state index contributed by atoms with van der Waals surface area (Å²) in [6.07, 6.45) is 0. The molecule has 0 unspecified atom stereocenters. The molecule has 0 aliphatic rings. The van der Waals surface area contributed by atoms with Crippen LogP contribution < -0.4 is 0 Å². The number of phenolic OH excluding ortho intramolecular Hbond substituents is 3. The van der Waals surface area contributed by atoms with Gasteiger partial charge in [0.1, 0.15) is 17.2 Å². The average Bonchev–Trinajstić information content (AvgIpc) is 2.92. The van der Waals surface area contributed by atoms with Crippen molar-refractivity contribution in [3.05, 3.63) is 86.4 Å². The molecule has 3 aromatic rings. The van der Waals surface area contributed by atoms with Crippen molar-refractivity contribution in [3.8, 4) is 17.2 Å². The van der Waals surface area contributed by atoms with Gasteiger partial charge in [-0.05, 0) is 75.4 Å². The van der Waals surface area contributed by atoms with Crippen molar-refractivity contribution in [1.82, 2.24) is 4.90 Å². The molecule has 0 aliphatic heterocycles. The first-order chi connectivity index (χ1) is 19.0. The number of phenols is 3. The number of aromatic hydroxyl groups is 3. The molecular weight excluding hydrogens is 571 g/mol. The second-order valence-corrected chi connectivity index (χ2v) is 10.5. The van der Waals surface area contributed by atoms with E-state index in [1.54, 1.807) is 54.6 Å². The van der Waals surface area contributed by atoms with E-state index in [4.69, 9.17) is 34.8 Å². The summed E-state index contributed by atoms with van der Waals surface area (Å²) in [6.45, 7) is 8.89. The van der Waals surface area contributed by atoms with Crippen LogP contribution in [0.5, 0.6) is 17.2 Å². The fourth-order valence-corrected chi connectivity index (χ4v) is 4.58. The van der Waals surface area contributed by atoms with Crippen LogP contribution in [0.4, 0.5) is 0 Å². The predicted molar refractivity (Wildman–Crippen MR) is 167 cm³/mol. The van der Waals surface area contributed by atoms with Crippen molar-refractivity contribution in [2.75, 3.05) is 39.3 Å². The summed E-state index contributed by atoms with van der Waals surface area (Å²) in [4.78, 5) is 16.1. The van der Waals surface area contributed by atoms with Gasteiger partial charge in [-0.15, -0.1) is 0 Å². The number of rotatable bonds is 12. The maximum Gasteiger partial charge on any atom is 0.124 e. The molecule has 0 spiro atoms. The minimum atomic E-state index is 0.130. The number of hydrogen-bond donors (Lipinski definition) is 3. The van der Waals surface area contributed by atoms with Gasteiger partial charge in [0.15, 0.2) is 0 Å². The highest BCUT2D eigenvalue weighted by atomic mass is 35.5. The number of halogens is 3. The Kier molecular flexibility index (Phi) is 11.8. The van der Waals surface area contributed by atoms with Gasteiger partial charge < -0.3 is 15.3 Å². The zero-order valence-corrected chi connectivity index (χ0v) is 25.0. The fourth-order valence-electron chi connectivity index (χ4n) is 4.06. The Morgan fingerprint density at radius 2 is 0.825 bits per heavy atom. The van der Waals surface area contributed by atoms with Crippen LogP contribution in [0, 0.1) is 0 Å². The molecule has 3 N–H and O–H groups in total. The smallest absolute Gasteiger partial charge is 0.124 e. The van der Waals surface area contributed by atoms with Crippen molar-refractivity contribution in [2.45, 2.75) is 20.8 Å². The van der Waals surface area contributed by atoms with E-state index in [0.717, 1.165) is 0 Å². The molecule has 212 valence electrons. The van der Waals surface area contributed by atoms with Crippen LogP contribution in [-0.4, -0.2) is 76.6 Å². The average molecular weight is 604 g/mol. The summed E-state index contributed by atoms with van der Waals surface area (Å²) in [5.74, 6) is 0.391. The lowest BCUT2D eigenvalue weighted by molar-refractivity contribution is 0.298. The van der Waals surface area contributed by atoms with E-state index in [9.17, 15) is 15.3 Å². The first-order valence-electron chi connectivity index (χ1n) is 12.8. The molecule has 0 aliphatic carbocycles. The van der Waals surface area contributed by atoms with Crippen molar-refractivity contribution in [2.24, 2.45) is 15.0 Å². The van der Waals surface area contributed by atoms with Crippen LogP contribution in [0.15, 0.2) is 69.6 Å². The van der Waals surface area contributed by atoms with Gasteiger partial charge >= 0.3 is 0 Å². The highest BCUT2D eigenvalue weighted by Crippen LogP contribution is 2.24. The molecule has 0 saturated carbocycles. The molecule has 7 nitrogen and oxygen atoms in total. The molecular formula is C30H33Cl3N4O3. The summed E-state index contributed by atoms with van der Waals surface area (Å²) < 4.78 is 0. The summed E-state index contributed by atoms with van der Waals surface area (Å²) in [5, 5.41) is 32.1. The SMILES string of the molecule is CC(=NCCN(CCN=C(C)c1cc(Cl)ccc1O)CCN=C(C)c1cc(Cl)ccc1O)c1cc(Cl)ccc1O. The van der Waals surface area contributed by atoms with E-state index in [1.807, 2.05) is 20.8 Å². The monoisotopic (exact) mass is 602 g/mol. The Hall–Kier alpha value is -3.10. The molecule has 40 heavy (non-hydrogen) atoms. The lowest BCUT2D eigenvalue weighted by Crippen LogP contribution is -2.32. The van der Waals surface area contributed by atoms with Gasteiger partial charge in [-0.1, -0.05) is 34.8 Å². The molecule has 0 bridgehead atoms. The van der Waals surface area contributed by atoms with Gasteiger partial charge in [-0.2, -0.15) is 0 Å². The molecule has 3 aromatic carbocycles. The molecule has 0 amide bonds. The Labute approximate surface area is 250 Å². The molecule has 0 saturated heterocycles. The predicted octanol–water partition coefficient (Wildman–Crippen LogP) is 6.89. The van der Waals surface area contributed by atoms with E-state index in [-0.39, 0.29) is 17.2 Å². The largest absolute Gasteiger partial charge is 0.507 e. The second kappa shape index (κ2) is 15.1. The summed E-state index contributed by atoms with van der Waals surface area (Å²) in [5.41, 5.74) is 3.87. The van der Waals surface area contributed by atoms with Crippen LogP contribution in [0.1, 0.15) is 37.5 Å². The highest BCUT2D eigenvalue weighted by Gasteiger charge is 2.10.